The molecule has 138 valence electrons. The van der Waals surface area contributed by atoms with Gasteiger partial charge in [-0.1, -0.05) is 12.1 Å². The van der Waals surface area contributed by atoms with Crippen LogP contribution in [-0.4, -0.2) is 20.5 Å². The van der Waals surface area contributed by atoms with Crippen molar-refractivity contribution in [2.75, 3.05) is 14.1 Å². The first-order valence-electron chi connectivity index (χ1n) is 7.33. The van der Waals surface area contributed by atoms with Crippen LogP contribution in [-0.2, 0) is 13.1 Å². The molecule has 0 saturated carbocycles. The summed E-state index contributed by atoms with van der Waals surface area (Å²) < 4.78 is 64.2. The van der Waals surface area contributed by atoms with Gasteiger partial charge in [0.15, 0.2) is 0 Å². The van der Waals surface area contributed by atoms with Crippen molar-refractivity contribution in [3.63, 3.8) is 0 Å². The topological polar surface area (TPSA) is 33.3 Å². The molecule has 0 saturated heterocycles. The summed E-state index contributed by atoms with van der Waals surface area (Å²) in [5, 5.41) is 5.63. The summed E-state index contributed by atoms with van der Waals surface area (Å²) in [7, 11) is 3.45. The van der Waals surface area contributed by atoms with E-state index >= 15 is 0 Å². The number of rotatable bonds is 5. The fourth-order valence-electron chi connectivity index (χ4n) is 1.88. The number of hydrogen-bond acceptors (Lipinski definition) is 3. The van der Waals surface area contributed by atoms with Gasteiger partial charge in [-0.05, 0) is 50.0 Å². The van der Waals surface area contributed by atoms with Crippen LogP contribution in [0.1, 0.15) is 11.1 Å². The first kappa shape index (κ1) is 20.9. The lowest BCUT2D eigenvalue weighted by molar-refractivity contribution is -0.274. The summed E-state index contributed by atoms with van der Waals surface area (Å²) in [6, 6.07) is 9.16. The van der Waals surface area contributed by atoms with E-state index in [4.69, 9.17) is 0 Å². The van der Waals surface area contributed by atoms with Gasteiger partial charge in [0.05, 0.1) is 0 Å². The third kappa shape index (κ3) is 8.46. The van der Waals surface area contributed by atoms with Crippen LogP contribution >= 0.6 is 0 Å². The Morgan fingerprint density at radius 1 is 0.880 bits per heavy atom. The molecule has 2 rings (SSSR count). The van der Waals surface area contributed by atoms with Crippen molar-refractivity contribution in [3.8, 4) is 5.75 Å². The molecular formula is C17H19F5N2O. The van der Waals surface area contributed by atoms with E-state index in [0.29, 0.717) is 18.7 Å². The van der Waals surface area contributed by atoms with Gasteiger partial charge >= 0.3 is 6.36 Å². The second-order valence-corrected chi connectivity index (χ2v) is 4.99. The molecule has 0 aliphatic heterocycles. The fraction of sp³-hybridized carbons (Fsp3) is 0.294. The number of halogens is 5. The predicted molar refractivity (Wildman–Crippen MR) is 85.0 cm³/mol. The highest BCUT2D eigenvalue weighted by Gasteiger charge is 2.30. The van der Waals surface area contributed by atoms with Crippen LogP contribution in [0.4, 0.5) is 22.0 Å². The quantitative estimate of drug-likeness (QED) is 0.789. The lowest BCUT2D eigenvalue weighted by atomic mass is 10.2. The van der Waals surface area contributed by atoms with Gasteiger partial charge in [-0.3, -0.25) is 0 Å². The number of alkyl halides is 3. The highest BCUT2D eigenvalue weighted by molar-refractivity contribution is 5.27. The van der Waals surface area contributed by atoms with E-state index in [1.807, 2.05) is 0 Å². The number of ether oxygens (including phenoxy) is 1. The first-order chi connectivity index (χ1) is 11.7. The van der Waals surface area contributed by atoms with Crippen LogP contribution in [0.3, 0.4) is 0 Å². The Morgan fingerprint density at radius 3 is 2.00 bits per heavy atom. The molecule has 0 radical (unpaired) electrons. The zero-order valence-electron chi connectivity index (χ0n) is 13.8. The van der Waals surface area contributed by atoms with Crippen molar-refractivity contribution in [2.24, 2.45) is 0 Å². The van der Waals surface area contributed by atoms with E-state index in [2.05, 4.69) is 15.4 Å². The molecule has 0 unspecified atom stereocenters. The molecule has 25 heavy (non-hydrogen) atoms. The van der Waals surface area contributed by atoms with Crippen molar-refractivity contribution in [2.45, 2.75) is 19.5 Å². The fourth-order valence-corrected chi connectivity index (χ4v) is 1.88. The monoisotopic (exact) mass is 362 g/mol. The lowest BCUT2D eigenvalue weighted by Crippen LogP contribution is -2.17. The summed E-state index contributed by atoms with van der Waals surface area (Å²) in [6.45, 7) is 0.968. The maximum Gasteiger partial charge on any atom is 0.573 e. The Labute approximate surface area is 142 Å². The second kappa shape index (κ2) is 9.95. The second-order valence-electron chi connectivity index (χ2n) is 4.99. The van der Waals surface area contributed by atoms with Crippen LogP contribution in [0, 0.1) is 11.6 Å². The highest BCUT2D eigenvalue weighted by Crippen LogP contribution is 2.22. The Balaban J connectivity index is 0.000000257. The van der Waals surface area contributed by atoms with Gasteiger partial charge in [-0.2, -0.15) is 0 Å². The average molecular weight is 362 g/mol. The molecule has 0 aliphatic carbocycles. The van der Waals surface area contributed by atoms with Gasteiger partial charge < -0.3 is 15.4 Å². The van der Waals surface area contributed by atoms with Crippen molar-refractivity contribution < 1.29 is 26.7 Å². The molecular weight excluding hydrogens is 343 g/mol. The Morgan fingerprint density at radius 2 is 1.48 bits per heavy atom. The smallest absolute Gasteiger partial charge is 0.406 e. The molecule has 2 aromatic carbocycles. The van der Waals surface area contributed by atoms with Gasteiger partial charge in [0, 0.05) is 18.7 Å². The van der Waals surface area contributed by atoms with Gasteiger partial charge in [-0.15, -0.1) is 13.2 Å². The number of hydrogen-bond donors (Lipinski definition) is 2. The molecule has 0 aromatic heterocycles. The van der Waals surface area contributed by atoms with Crippen LogP contribution in [0.15, 0.2) is 42.5 Å². The molecule has 0 atom stereocenters. The molecule has 0 amide bonds. The molecule has 2 N–H and O–H groups in total. The van der Waals surface area contributed by atoms with E-state index < -0.39 is 12.2 Å². The summed E-state index contributed by atoms with van der Waals surface area (Å²) in [6.07, 6.45) is -4.62. The van der Waals surface area contributed by atoms with E-state index in [-0.39, 0.29) is 11.6 Å². The maximum absolute atomic E-state index is 12.7. The van der Waals surface area contributed by atoms with Gasteiger partial charge in [0.2, 0.25) is 0 Å². The molecule has 8 heteroatoms. The molecule has 0 heterocycles. The van der Waals surface area contributed by atoms with E-state index in [1.54, 1.807) is 26.2 Å². The maximum atomic E-state index is 12.7. The molecule has 0 spiro atoms. The minimum absolute atomic E-state index is 0.197. The molecule has 0 bridgehead atoms. The normalized spacial score (nSPS) is 10.8. The van der Waals surface area contributed by atoms with Crippen LogP contribution in [0.5, 0.6) is 5.75 Å². The van der Waals surface area contributed by atoms with Gasteiger partial charge in [-0.25, -0.2) is 8.78 Å². The molecule has 0 aliphatic rings. The Bertz CT molecular complexity index is 644. The zero-order chi connectivity index (χ0) is 18.9. The average Bonchev–Trinajstić information content (AvgIpc) is 2.53. The lowest BCUT2D eigenvalue weighted by Gasteiger charge is -2.08. The van der Waals surface area contributed by atoms with Crippen LogP contribution in [0.25, 0.3) is 0 Å². The Kier molecular flexibility index (Phi) is 8.30. The van der Waals surface area contributed by atoms with Crippen molar-refractivity contribution in [1.29, 1.82) is 0 Å². The SMILES string of the molecule is CNCc1cc(F)ccc1F.CNCc1ccc(OC(F)(F)F)cc1. The van der Waals surface area contributed by atoms with E-state index in [9.17, 15) is 22.0 Å². The third-order valence-electron chi connectivity index (χ3n) is 2.91. The van der Waals surface area contributed by atoms with Crippen LogP contribution in [0.2, 0.25) is 0 Å². The minimum atomic E-state index is -4.62. The molecule has 2 aromatic rings. The van der Waals surface area contributed by atoms with E-state index in [1.165, 1.54) is 18.2 Å². The summed E-state index contributed by atoms with van der Waals surface area (Å²) in [4.78, 5) is 0. The van der Waals surface area contributed by atoms with Crippen molar-refractivity contribution >= 4 is 0 Å². The highest BCUT2D eigenvalue weighted by atomic mass is 19.4. The van der Waals surface area contributed by atoms with Crippen molar-refractivity contribution in [1.82, 2.24) is 10.6 Å². The van der Waals surface area contributed by atoms with Gasteiger partial charge in [0.1, 0.15) is 17.4 Å². The molecule has 0 fully saturated rings. The first-order valence-corrected chi connectivity index (χ1v) is 7.33. The minimum Gasteiger partial charge on any atom is -0.406 e. The summed E-state index contributed by atoms with van der Waals surface area (Å²) in [5.41, 5.74) is 1.26. The Hall–Kier alpha value is -2.19. The number of nitrogens with one attached hydrogen (secondary N) is 2. The summed E-state index contributed by atoms with van der Waals surface area (Å²) in [5.74, 6) is -0.977. The standard InChI is InChI=1S/C9H10F3NO.C8H9F2N/c1-13-6-7-2-4-8(5-3-7)14-9(10,11)12;1-11-5-6-4-7(9)2-3-8(6)10/h2-5,13H,6H2,1H3;2-4,11H,5H2,1H3. The summed E-state index contributed by atoms with van der Waals surface area (Å²) >= 11 is 0. The van der Waals surface area contributed by atoms with E-state index in [0.717, 1.165) is 17.7 Å². The van der Waals surface area contributed by atoms with Gasteiger partial charge in [0.25, 0.3) is 0 Å². The predicted octanol–water partition coefficient (Wildman–Crippen LogP) is 3.99. The van der Waals surface area contributed by atoms with Crippen molar-refractivity contribution in [3.05, 3.63) is 65.2 Å². The zero-order valence-corrected chi connectivity index (χ0v) is 13.8. The molecule has 3 nitrogen and oxygen atoms in total. The largest absolute Gasteiger partial charge is 0.573 e. The number of benzene rings is 2. The third-order valence-corrected chi connectivity index (χ3v) is 2.91. The van der Waals surface area contributed by atoms with Crippen LogP contribution < -0.4 is 15.4 Å².